The third kappa shape index (κ3) is 7.11. The summed E-state index contributed by atoms with van der Waals surface area (Å²) >= 11 is 1.45. The van der Waals surface area contributed by atoms with Crippen LogP contribution < -0.4 is 15.5 Å². The number of aryl methyl sites for hydroxylation is 2. The summed E-state index contributed by atoms with van der Waals surface area (Å²) in [6, 6.07) is 14.4. The SMILES string of the molecule is CCOC(=O)c1c(NC(=O)c2ccc(OC(C)C(=O)N/N=C/c3ccc(CC)cc3)cc2)sc2c1CCCC2. The number of nitrogens with one attached hydrogen (secondary N) is 2. The van der Waals surface area contributed by atoms with E-state index in [9.17, 15) is 14.4 Å². The van der Waals surface area contributed by atoms with Crippen molar-refractivity contribution >= 4 is 40.3 Å². The largest absolute Gasteiger partial charge is 0.481 e. The molecule has 0 saturated heterocycles. The van der Waals surface area contributed by atoms with Gasteiger partial charge in [0, 0.05) is 10.4 Å². The van der Waals surface area contributed by atoms with Gasteiger partial charge in [0.2, 0.25) is 0 Å². The van der Waals surface area contributed by atoms with Gasteiger partial charge in [-0.1, -0.05) is 31.2 Å². The van der Waals surface area contributed by atoms with Gasteiger partial charge in [0.25, 0.3) is 11.8 Å². The summed E-state index contributed by atoms with van der Waals surface area (Å²) in [7, 11) is 0. The Morgan fingerprint density at radius 1 is 1.03 bits per heavy atom. The molecule has 204 valence electrons. The number of rotatable bonds is 10. The van der Waals surface area contributed by atoms with Gasteiger partial charge in [0.1, 0.15) is 10.8 Å². The van der Waals surface area contributed by atoms with Gasteiger partial charge in [-0.05, 0) is 86.9 Å². The van der Waals surface area contributed by atoms with Gasteiger partial charge in [0.15, 0.2) is 6.10 Å². The average molecular weight is 548 g/mol. The van der Waals surface area contributed by atoms with E-state index in [-0.39, 0.29) is 12.5 Å². The van der Waals surface area contributed by atoms with Gasteiger partial charge in [0.05, 0.1) is 18.4 Å². The number of carbonyl (C=O) groups is 3. The fourth-order valence-electron chi connectivity index (χ4n) is 4.29. The molecule has 0 spiro atoms. The third-order valence-corrected chi connectivity index (χ3v) is 7.66. The summed E-state index contributed by atoms with van der Waals surface area (Å²) in [5, 5.41) is 7.43. The van der Waals surface area contributed by atoms with Crippen LogP contribution in [0.15, 0.2) is 53.6 Å². The summed E-state index contributed by atoms with van der Waals surface area (Å²) in [5.41, 5.74) is 6.47. The van der Waals surface area contributed by atoms with Crippen molar-refractivity contribution in [1.82, 2.24) is 5.43 Å². The summed E-state index contributed by atoms with van der Waals surface area (Å²) < 4.78 is 11.0. The zero-order valence-corrected chi connectivity index (χ0v) is 23.2. The second kappa shape index (κ2) is 13.2. The number of fused-ring (bicyclic) bond motifs is 1. The molecule has 0 fully saturated rings. The summed E-state index contributed by atoms with van der Waals surface area (Å²) in [4.78, 5) is 39.2. The number of amides is 2. The first kappa shape index (κ1) is 28.0. The number of benzene rings is 2. The standard InChI is InChI=1S/C30H33N3O5S/c1-4-20-10-12-21(13-11-20)18-31-33-27(34)19(3)38-23-16-14-22(15-17-23)28(35)32-29-26(30(36)37-5-2)24-8-6-7-9-25(24)39-29/h10-19H,4-9H2,1-3H3,(H,32,35)(H,33,34)/b31-18+. The summed E-state index contributed by atoms with van der Waals surface area (Å²) in [5.74, 6) is -0.696. The fraction of sp³-hybridized carbons (Fsp3) is 0.333. The Morgan fingerprint density at radius 2 is 1.74 bits per heavy atom. The molecule has 1 heterocycles. The van der Waals surface area contributed by atoms with Crippen molar-refractivity contribution in [1.29, 1.82) is 0 Å². The lowest BCUT2D eigenvalue weighted by molar-refractivity contribution is -0.127. The normalized spacial score (nSPS) is 13.4. The molecule has 9 heteroatoms. The Balaban J connectivity index is 1.35. The monoisotopic (exact) mass is 547 g/mol. The van der Waals surface area contributed by atoms with Gasteiger partial charge in [-0.2, -0.15) is 5.10 Å². The first-order chi connectivity index (χ1) is 18.9. The molecule has 1 aliphatic carbocycles. The number of anilines is 1. The molecule has 1 aromatic heterocycles. The first-order valence-electron chi connectivity index (χ1n) is 13.2. The van der Waals surface area contributed by atoms with Crippen LogP contribution in [0.3, 0.4) is 0 Å². The molecule has 2 amide bonds. The van der Waals surface area contributed by atoms with Crippen LogP contribution in [0.4, 0.5) is 5.00 Å². The molecule has 8 nitrogen and oxygen atoms in total. The van der Waals surface area contributed by atoms with Crippen LogP contribution in [0.5, 0.6) is 5.75 Å². The van der Waals surface area contributed by atoms with Crippen LogP contribution in [-0.2, 0) is 28.8 Å². The van der Waals surface area contributed by atoms with Crippen molar-refractivity contribution in [3.63, 3.8) is 0 Å². The molecular weight excluding hydrogens is 514 g/mol. The van der Waals surface area contributed by atoms with Gasteiger partial charge in [-0.25, -0.2) is 10.2 Å². The number of hydrogen-bond acceptors (Lipinski definition) is 7. The van der Waals surface area contributed by atoms with Crippen molar-refractivity contribution in [3.05, 3.63) is 81.2 Å². The van der Waals surface area contributed by atoms with E-state index in [1.807, 2.05) is 24.3 Å². The lowest BCUT2D eigenvalue weighted by Crippen LogP contribution is -2.33. The number of carbonyl (C=O) groups excluding carboxylic acids is 3. The van der Waals surface area contributed by atoms with Crippen molar-refractivity contribution < 1.29 is 23.9 Å². The smallest absolute Gasteiger partial charge is 0.341 e. The van der Waals surface area contributed by atoms with E-state index in [0.29, 0.717) is 21.9 Å². The lowest BCUT2D eigenvalue weighted by atomic mass is 9.95. The van der Waals surface area contributed by atoms with E-state index in [1.54, 1.807) is 44.3 Å². The Kier molecular flexibility index (Phi) is 9.49. The second-order valence-electron chi connectivity index (χ2n) is 9.20. The first-order valence-corrected chi connectivity index (χ1v) is 14.0. The second-order valence-corrected chi connectivity index (χ2v) is 10.3. The maximum atomic E-state index is 13.0. The fourth-order valence-corrected chi connectivity index (χ4v) is 5.56. The minimum absolute atomic E-state index is 0.272. The molecule has 1 atom stereocenters. The maximum Gasteiger partial charge on any atom is 0.341 e. The van der Waals surface area contributed by atoms with E-state index in [0.717, 1.165) is 48.1 Å². The quantitative estimate of drug-likeness (QED) is 0.197. The predicted molar refractivity (Wildman–Crippen MR) is 153 cm³/mol. The number of hydrazone groups is 1. The minimum Gasteiger partial charge on any atom is -0.481 e. The molecule has 1 unspecified atom stereocenters. The molecule has 0 aliphatic heterocycles. The van der Waals surface area contributed by atoms with Crippen molar-refractivity contribution in [3.8, 4) is 5.75 Å². The predicted octanol–water partition coefficient (Wildman–Crippen LogP) is 5.54. The van der Waals surface area contributed by atoms with Crippen LogP contribution in [0.2, 0.25) is 0 Å². The molecule has 0 radical (unpaired) electrons. The molecule has 2 N–H and O–H groups in total. The average Bonchev–Trinajstić information content (AvgIpc) is 3.31. The van der Waals surface area contributed by atoms with E-state index in [1.165, 1.54) is 16.9 Å². The highest BCUT2D eigenvalue weighted by Gasteiger charge is 2.27. The Morgan fingerprint density at radius 3 is 2.44 bits per heavy atom. The number of esters is 1. The zero-order valence-electron chi connectivity index (χ0n) is 22.4. The number of nitrogens with zero attached hydrogens (tertiary/aromatic N) is 1. The highest BCUT2D eigenvalue weighted by atomic mass is 32.1. The Hall–Kier alpha value is -3.98. The summed E-state index contributed by atoms with van der Waals surface area (Å²) in [6.07, 6.45) is 5.54. The Labute approximate surface area is 232 Å². The highest BCUT2D eigenvalue weighted by molar-refractivity contribution is 7.17. The van der Waals surface area contributed by atoms with E-state index >= 15 is 0 Å². The van der Waals surface area contributed by atoms with Crippen LogP contribution >= 0.6 is 11.3 Å². The van der Waals surface area contributed by atoms with E-state index in [2.05, 4.69) is 22.8 Å². The molecule has 0 saturated carbocycles. The van der Waals surface area contributed by atoms with Gasteiger partial charge in [-0.3, -0.25) is 9.59 Å². The molecule has 0 bridgehead atoms. The third-order valence-electron chi connectivity index (χ3n) is 6.45. The molecule has 39 heavy (non-hydrogen) atoms. The molecular formula is C30H33N3O5S. The van der Waals surface area contributed by atoms with Crippen molar-refractivity contribution in [2.45, 2.75) is 59.0 Å². The van der Waals surface area contributed by atoms with Gasteiger partial charge >= 0.3 is 5.97 Å². The summed E-state index contributed by atoms with van der Waals surface area (Å²) in [6.45, 7) is 5.75. The minimum atomic E-state index is -0.797. The van der Waals surface area contributed by atoms with Gasteiger partial charge < -0.3 is 14.8 Å². The van der Waals surface area contributed by atoms with Crippen LogP contribution in [-0.4, -0.2) is 36.7 Å². The topological polar surface area (TPSA) is 106 Å². The lowest BCUT2D eigenvalue weighted by Gasteiger charge is -2.13. The maximum absolute atomic E-state index is 13.0. The molecule has 1 aliphatic rings. The number of ether oxygens (including phenoxy) is 2. The van der Waals surface area contributed by atoms with E-state index < -0.39 is 18.0 Å². The van der Waals surface area contributed by atoms with Crippen LogP contribution in [0.25, 0.3) is 0 Å². The van der Waals surface area contributed by atoms with Crippen LogP contribution in [0, 0.1) is 0 Å². The number of thiophene rings is 1. The highest BCUT2D eigenvalue weighted by Crippen LogP contribution is 2.38. The molecule has 2 aromatic carbocycles. The van der Waals surface area contributed by atoms with Gasteiger partial charge in [-0.15, -0.1) is 11.3 Å². The Bertz CT molecular complexity index is 1350. The molecule has 4 rings (SSSR count). The zero-order chi connectivity index (χ0) is 27.8. The molecule has 3 aromatic rings. The van der Waals surface area contributed by atoms with Crippen molar-refractivity contribution in [2.75, 3.05) is 11.9 Å². The van der Waals surface area contributed by atoms with Crippen molar-refractivity contribution in [2.24, 2.45) is 5.10 Å². The van der Waals surface area contributed by atoms with E-state index in [4.69, 9.17) is 9.47 Å². The van der Waals surface area contributed by atoms with Crippen LogP contribution in [0.1, 0.15) is 75.9 Å². The number of hydrogen-bond donors (Lipinski definition) is 2.